The van der Waals surface area contributed by atoms with E-state index >= 15 is 0 Å². The first-order valence-electron chi connectivity index (χ1n) is 7.98. The number of primary amides is 1. The van der Waals surface area contributed by atoms with Crippen molar-refractivity contribution in [2.45, 2.75) is 25.3 Å². The van der Waals surface area contributed by atoms with Crippen LogP contribution in [0, 0.1) is 0 Å². The first kappa shape index (κ1) is 16.7. The molecular formula is C17H18N4O4. The van der Waals surface area contributed by atoms with Crippen LogP contribution in [0.15, 0.2) is 36.4 Å². The van der Waals surface area contributed by atoms with Crippen LogP contribution in [0.25, 0.3) is 5.69 Å². The molecule has 8 nitrogen and oxygen atoms in total. The molecule has 3 N–H and O–H groups in total. The van der Waals surface area contributed by atoms with E-state index in [4.69, 9.17) is 5.73 Å². The van der Waals surface area contributed by atoms with E-state index in [1.54, 1.807) is 24.3 Å². The van der Waals surface area contributed by atoms with E-state index in [-0.39, 0.29) is 11.4 Å². The number of carbonyl (C=O) groups excluding carboxylic acids is 2. The number of para-hydroxylation sites is 1. The molecule has 1 aromatic heterocycles. The molecule has 1 saturated heterocycles. The largest absolute Gasteiger partial charge is 0.480 e. The van der Waals surface area contributed by atoms with Crippen LogP contribution >= 0.6 is 0 Å². The molecule has 0 radical (unpaired) electrons. The van der Waals surface area contributed by atoms with E-state index in [9.17, 15) is 19.5 Å². The molecular weight excluding hydrogens is 324 g/mol. The molecule has 3 rings (SSSR count). The van der Waals surface area contributed by atoms with Gasteiger partial charge in [-0.05, 0) is 31.4 Å². The monoisotopic (exact) mass is 342 g/mol. The van der Waals surface area contributed by atoms with E-state index in [2.05, 4.69) is 5.10 Å². The molecule has 1 unspecified atom stereocenters. The van der Waals surface area contributed by atoms with Crippen LogP contribution in [0.4, 0.5) is 0 Å². The number of piperidine rings is 1. The van der Waals surface area contributed by atoms with Gasteiger partial charge in [0.2, 0.25) is 0 Å². The average Bonchev–Trinajstić information content (AvgIpc) is 3.07. The van der Waals surface area contributed by atoms with E-state index < -0.39 is 23.8 Å². The lowest BCUT2D eigenvalue weighted by molar-refractivity contribution is -0.143. The standard InChI is InChI=1S/C17H18N4O4/c18-15(22)14-10-12(19-21(14)11-6-2-1-3-7-11)16(23)20-9-5-4-8-13(20)17(24)25/h1-3,6-7,10,13H,4-5,8-9H2,(H2,18,22)(H,24,25). The van der Waals surface area contributed by atoms with Crippen molar-refractivity contribution < 1.29 is 19.5 Å². The Morgan fingerprint density at radius 2 is 1.88 bits per heavy atom. The third-order valence-corrected chi connectivity index (χ3v) is 4.23. The van der Waals surface area contributed by atoms with Gasteiger partial charge in [-0.15, -0.1) is 0 Å². The predicted molar refractivity (Wildman–Crippen MR) is 88.4 cm³/mol. The van der Waals surface area contributed by atoms with Crippen LogP contribution in [-0.2, 0) is 4.79 Å². The summed E-state index contributed by atoms with van der Waals surface area (Å²) < 4.78 is 1.30. The molecule has 0 bridgehead atoms. The highest BCUT2D eigenvalue weighted by Gasteiger charge is 2.34. The van der Waals surface area contributed by atoms with Gasteiger partial charge in [0.25, 0.3) is 11.8 Å². The highest BCUT2D eigenvalue weighted by atomic mass is 16.4. The zero-order valence-electron chi connectivity index (χ0n) is 13.5. The fourth-order valence-corrected chi connectivity index (χ4v) is 3.01. The molecule has 1 aromatic carbocycles. The number of hydrogen-bond donors (Lipinski definition) is 2. The van der Waals surface area contributed by atoms with Crippen molar-refractivity contribution in [3.8, 4) is 5.69 Å². The van der Waals surface area contributed by atoms with Gasteiger partial charge in [-0.1, -0.05) is 18.2 Å². The Morgan fingerprint density at radius 3 is 2.52 bits per heavy atom. The van der Waals surface area contributed by atoms with Crippen LogP contribution in [0.5, 0.6) is 0 Å². The molecule has 2 heterocycles. The number of carbonyl (C=O) groups is 3. The lowest BCUT2D eigenvalue weighted by atomic mass is 10.0. The molecule has 1 aliphatic heterocycles. The quantitative estimate of drug-likeness (QED) is 0.861. The van der Waals surface area contributed by atoms with Crippen molar-refractivity contribution in [3.05, 3.63) is 47.8 Å². The second-order valence-corrected chi connectivity index (χ2v) is 5.87. The summed E-state index contributed by atoms with van der Waals surface area (Å²) in [5.41, 5.74) is 6.06. The van der Waals surface area contributed by atoms with E-state index in [1.807, 2.05) is 6.07 Å². The fraction of sp³-hybridized carbons (Fsp3) is 0.294. The van der Waals surface area contributed by atoms with Crippen LogP contribution in [0.3, 0.4) is 0 Å². The van der Waals surface area contributed by atoms with Crippen molar-refractivity contribution in [1.82, 2.24) is 14.7 Å². The second kappa shape index (κ2) is 6.76. The highest BCUT2D eigenvalue weighted by Crippen LogP contribution is 2.21. The third-order valence-electron chi connectivity index (χ3n) is 4.23. The molecule has 2 amide bonds. The maximum Gasteiger partial charge on any atom is 0.326 e. The van der Waals surface area contributed by atoms with Gasteiger partial charge >= 0.3 is 5.97 Å². The van der Waals surface area contributed by atoms with Crippen molar-refractivity contribution >= 4 is 17.8 Å². The molecule has 25 heavy (non-hydrogen) atoms. The average molecular weight is 342 g/mol. The van der Waals surface area contributed by atoms with Gasteiger partial charge in [0, 0.05) is 12.6 Å². The molecule has 0 spiro atoms. The number of benzene rings is 1. The first-order chi connectivity index (χ1) is 12.0. The fourth-order valence-electron chi connectivity index (χ4n) is 3.01. The Bertz CT molecular complexity index is 815. The number of nitrogens with two attached hydrogens (primary N) is 1. The summed E-state index contributed by atoms with van der Waals surface area (Å²) >= 11 is 0. The van der Waals surface area contributed by atoms with Crippen LogP contribution in [0.1, 0.15) is 40.2 Å². The first-order valence-corrected chi connectivity index (χ1v) is 7.98. The zero-order valence-corrected chi connectivity index (χ0v) is 13.5. The molecule has 8 heteroatoms. The Hall–Kier alpha value is -3.16. The number of amides is 2. The van der Waals surface area contributed by atoms with Gasteiger partial charge < -0.3 is 15.7 Å². The lowest BCUT2D eigenvalue weighted by Crippen LogP contribution is -2.48. The third kappa shape index (κ3) is 3.23. The number of nitrogens with zero attached hydrogens (tertiary/aromatic N) is 3. The van der Waals surface area contributed by atoms with Gasteiger partial charge in [0.05, 0.1) is 5.69 Å². The Kier molecular flexibility index (Phi) is 4.51. The van der Waals surface area contributed by atoms with E-state index in [0.29, 0.717) is 18.7 Å². The van der Waals surface area contributed by atoms with Gasteiger partial charge in [-0.2, -0.15) is 5.10 Å². The predicted octanol–water partition coefficient (Wildman–Crippen LogP) is 1.05. The lowest BCUT2D eigenvalue weighted by Gasteiger charge is -2.32. The summed E-state index contributed by atoms with van der Waals surface area (Å²) in [6.07, 6.45) is 1.90. The molecule has 1 aliphatic rings. The summed E-state index contributed by atoms with van der Waals surface area (Å²) in [5, 5.41) is 13.5. The molecule has 0 saturated carbocycles. The molecule has 1 atom stereocenters. The Balaban J connectivity index is 1.98. The molecule has 0 aliphatic carbocycles. The number of aromatic nitrogens is 2. The second-order valence-electron chi connectivity index (χ2n) is 5.87. The molecule has 2 aromatic rings. The SMILES string of the molecule is NC(=O)c1cc(C(=O)N2CCCCC2C(=O)O)nn1-c1ccccc1. The van der Waals surface area contributed by atoms with Gasteiger partial charge in [0.1, 0.15) is 11.7 Å². The summed E-state index contributed by atoms with van der Waals surface area (Å²) in [6, 6.07) is 9.26. The summed E-state index contributed by atoms with van der Waals surface area (Å²) in [6.45, 7) is 0.347. The number of likely N-dealkylation sites (tertiary alicyclic amines) is 1. The number of carboxylic acids is 1. The van der Waals surface area contributed by atoms with E-state index in [0.717, 1.165) is 12.8 Å². The summed E-state index contributed by atoms with van der Waals surface area (Å²) in [4.78, 5) is 37.2. The highest BCUT2D eigenvalue weighted by molar-refractivity contribution is 5.99. The zero-order chi connectivity index (χ0) is 18.0. The Labute approximate surface area is 143 Å². The smallest absolute Gasteiger partial charge is 0.326 e. The van der Waals surface area contributed by atoms with Crippen LogP contribution < -0.4 is 5.73 Å². The molecule has 1 fully saturated rings. The number of rotatable bonds is 4. The van der Waals surface area contributed by atoms with Crippen molar-refractivity contribution in [1.29, 1.82) is 0 Å². The normalized spacial score (nSPS) is 17.3. The number of hydrogen-bond acceptors (Lipinski definition) is 4. The minimum atomic E-state index is -1.04. The van der Waals surface area contributed by atoms with Crippen LogP contribution in [-0.4, -0.2) is 50.2 Å². The van der Waals surface area contributed by atoms with Crippen molar-refractivity contribution in [2.75, 3.05) is 6.54 Å². The number of aliphatic carboxylic acids is 1. The molecule has 130 valence electrons. The minimum absolute atomic E-state index is 0.00537. The summed E-state index contributed by atoms with van der Waals surface area (Å²) in [7, 11) is 0. The Morgan fingerprint density at radius 1 is 1.16 bits per heavy atom. The van der Waals surface area contributed by atoms with Gasteiger partial charge in [0.15, 0.2) is 5.69 Å². The summed E-state index contributed by atoms with van der Waals surface area (Å²) in [5.74, 6) is -2.27. The minimum Gasteiger partial charge on any atom is -0.480 e. The van der Waals surface area contributed by atoms with E-state index in [1.165, 1.54) is 15.6 Å². The van der Waals surface area contributed by atoms with Crippen LogP contribution in [0.2, 0.25) is 0 Å². The van der Waals surface area contributed by atoms with Gasteiger partial charge in [-0.3, -0.25) is 9.59 Å². The van der Waals surface area contributed by atoms with Crippen molar-refractivity contribution in [3.63, 3.8) is 0 Å². The maximum absolute atomic E-state index is 12.8. The number of carboxylic acid groups (broad SMARTS) is 1. The van der Waals surface area contributed by atoms with Crippen molar-refractivity contribution in [2.24, 2.45) is 5.73 Å². The topological polar surface area (TPSA) is 119 Å². The maximum atomic E-state index is 12.8. The van der Waals surface area contributed by atoms with Gasteiger partial charge in [-0.25, -0.2) is 9.48 Å².